The van der Waals surface area contributed by atoms with Crippen LogP contribution in [0.2, 0.25) is 0 Å². The summed E-state index contributed by atoms with van der Waals surface area (Å²) in [6, 6.07) is 5.65. The van der Waals surface area contributed by atoms with Gasteiger partial charge in [0, 0.05) is 38.3 Å². The summed E-state index contributed by atoms with van der Waals surface area (Å²) >= 11 is 0. The molecule has 3 heterocycles. The van der Waals surface area contributed by atoms with Crippen molar-refractivity contribution in [2.24, 2.45) is 11.8 Å². The van der Waals surface area contributed by atoms with E-state index >= 15 is 0 Å². The van der Waals surface area contributed by atoms with Gasteiger partial charge in [0.25, 0.3) is 0 Å². The number of nitrogens with zero attached hydrogens (tertiary/aromatic N) is 4. The van der Waals surface area contributed by atoms with Crippen molar-refractivity contribution in [3.63, 3.8) is 0 Å². The number of anilines is 1. The zero-order chi connectivity index (χ0) is 15.5. The molecule has 1 N–H and O–H groups in total. The molecule has 6 nitrogen and oxygen atoms in total. The minimum Gasteiger partial charge on any atom is -0.353 e. The molecule has 1 atom stereocenters. The Morgan fingerprint density at radius 3 is 2.73 bits per heavy atom. The first-order valence-electron chi connectivity index (χ1n) is 7.79. The smallest absolute Gasteiger partial charge is 0.225 e. The number of hydrogen-bond acceptors (Lipinski definition) is 5. The summed E-state index contributed by atoms with van der Waals surface area (Å²) in [7, 11) is 0. The zero-order valence-corrected chi connectivity index (χ0v) is 12.8. The summed E-state index contributed by atoms with van der Waals surface area (Å²) in [6.07, 6.45) is 1.66. The van der Waals surface area contributed by atoms with Gasteiger partial charge in [-0.1, -0.05) is 6.92 Å². The van der Waals surface area contributed by atoms with Crippen molar-refractivity contribution >= 4 is 11.7 Å². The van der Waals surface area contributed by atoms with Crippen LogP contribution in [0, 0.1) is 23.2 Å². The molecule has 2 saturated heterocycles. The van der Waals surface area contributed by atoms with Gasteiger partial charge in [0.1, 0.15) is 5.82 Å². The average molecular weight is 299 g/mol. The van der Waals surface area contributed by atoms with Crippen molar-refractivity contribution in [1.82, 2.24) is 15.2 Å². The van der Waals surface area contributed by atoms with E-state index in [1.807, 2.05) is 11.8 Å². The van der Waals surface area contributed by atoms with Gasteiger partial charge in [-0.3, -0.25) is 4.79 Å². The van der Waals surface area contributed by atoms with Gasteiger partial charge in [0.15, 0.2) is 0 Å². The third kappa shape index (κ3) is 2.90. The Kier molecular flexibility index (Phi) is 4.25. The van der Waals surface area contributed by atoms with Crippen molar-refractivity contribution in [2.45, 2.75) is 6.92 Å². The second-order valence-electron chi connectivity index (χ2n) is 6.03. The van der Waals surface area contributed by atoms with Gasteiger partial charge in [-0.05, 0) is 31.1 Å². The van der Waals surface area contributed by atoms with Crippen molar-refractivity contribution < 1.29 is 4.79 Å². The first kappa shape index (κ1) is 14.8. The summed E-state index contributed by atoms with van der Waals surface area (Å²) in [4.78, 5) is 20.9. The maximum atomic E-state index is 12.5. The number of nitriles is 1. The number of carbonyl (C=O) groups excluding carboxylic acids is 1. The summed E-state index contributed by atoms with van der Waals surface area (Å²) < 4.78 is 0. The molecular weight excluding hydrogens is 278 g/mol. The molecule has 0 spiro atoms. The Labute approximate surface area is 130 Å². The zero-order valence-electron chi connectivity index (χ0n) is 12.8. The Hall–Kier alpha value is -2.13. The minimum atomic E-state index is 0.104. The standard InChI is InChI=1S/C16H21N5O/c1-12(14-10-18-11-14)16(22)21-6-4-20(5-7-21)15-8-13(9-17)2-3-19-15/h2-3,8,12,14,18H,4-7,10-11H2,1H3. The quantitative estimate of drug-likeness (QED) is 0.878. The second kappa shape index (κ2) is 6.32. The van der Waals surface area contributed by atoms with Gasteiger partial charge in [-0.2, -0.15) is 5.26 Å². The molecule has 1 aromatic rings. The number of rotatable bonds is 3. The largest absolute Gasteiger partial charge is 0.353 e. The SMILES string of the molecule is CC(C(=O)N1CCN(c2cc(C#N)ccn2)CC1)C1CNC1. The highest BCUT2D eigenvalue weighted by Gasteiger charge is 2.32. The minimum absolute atomic E-state index is 0.104. The molecule has 3 rings (SSSR count). The number of hydrogen-bond donors (Lipinski definition) is 1. The number of piperazine rings is 1. The van der Waals surface area contributed by atoms with Crippen molar-refractivity contribution in [2.75, 3.05) is 44.2 Å². The molecule has 22 heavy (non-hydrogen) atoms. The van der Waals surface area contributed by atoms with Crippen LogP contribution in [0.1, 0.15) is 12.5 Å². The maximum absolute atomic E-state index is 12.5. The highest BCUT2D eigenvalue weighted by molar-refractivity contribution is 5.79. The molecule has 2 aliphatic heterocycles. The van der Waals surface area contributed by atoms with Crippen LogP contribution in [0.25, 0.3) is 0 Å². The summed E-state index contributed by atoms with van der Waals surface area (Å²) in [5.41, 5.74) is 0.620. The van der Waals surface area contributed by atoms with Gasteiger partial charge >= 0.3 is 0 Å². The first-order valence-corrected chi connectivity index (χ1v) is 7.79. The first-order chi connectivity index (χ1) is 10.7. The van der Waals surface area contributed by atoms with E-state index in [2.05, 4.69) is 21.3 Å². The van der Waals surface area contributed by atoms with E-state index in [0.717, 1.165) is 45.1 Å². The normalized spacial score (nSPS) is 20.2. The second-order valence-corrected chi connectivity index (χ2v) is 6.03. The molecule has 1 aromatic heterocycles. The van der Waals surface area contributed by atoms with Crippen molar-refractivity contribution in [3.8, 4) is 6.07 Å². The summed E-state index contributed by atoms with van der Waals surface area (Å²) in [5.74, 6) is 1.68. The average Bonchev–Trinajstić information content (AvgIpc) is 2.52. The van der Waals surface area contributed by atoms with Crippen LogP contribution in [-0.2, 0) is 4.79 Å². The molecule has 0 aromatic carbocycles. The monoisotopic (exact) mass is 299 g/mol. The number of pyridine rings is 1. The predicted molar refractivity (Wildman–Crippen MR) is 83.3 cm³/mol. The van der Waals surface area contributed by atoms with E-state index in [1.165, 1.54) is 0 Å². The van der Waals surface area contributed by atoms with E-state index < -0.39 is 0 Å². The van der Waals surface area contributed by atoms with Gasteiger partial charge in [0.05, 0.1) is 11.6 Å². The predicted octanol–water partition coefficient (Wildman–Crippen LogP) is 0.457. The van der Waals surface area contributed by atoms with E-state index in [1.54, 1.807) is 18.3 Å². The molecule has 0 saturated carbocycles. The number of carbonyl (C=O) groups is 1. The maximum Gasteiger partial charge on any atom is 0.225 e. The van der Waals surface area contributed by atoms with Crippen LogP contribution in [0.15, 0.2) is 18.3 Å². The fourth-order valence-electron chi connectivity index (χ4n) is 2.97. The third-order valence-corrected chi connectivity index (χ3v) is 4.70. The van der Waals surface area contributed by atoms with Crippen LogP contribution < -0.4 is 10.2 Å². The fourth-order valence-corrected chi connectivity index (χ4v) is 2.97. The lowest BCUT2D eigenvalue weighted by molar-refractivity contribution is -0.137. The Bertz CT molecular complexity index is 584. The van der Waals surface area contributed by atoms with Crippen LogP contribution in [0.4, 0.5) is 5.82 Å². The molecule has 6 heteroatoms. The molecule has 2 aliphatic rings. The Morgan fingerprint density at radius 2 is 2.14 bits per heavy atom. The van der Waals surface area contributed by atoms with Crippen molar-refractivity contribution in [1.29, 1.82) is 5.26 Å². The molecule has 0 bridgehead atoms. The topological polar surface area (TPSA) is 72.3 Å². The highest BCUT2D eigenvalue weighted by Crippen LogP contribution is 2.20. The van der Waals surface area contributed by atoms with E-state index in [9.17, 15) is 4.79 Å². The fraction of sp³-hybridized carbons (Fsp3) is 0.562. The van der Waals surface area contributed by atoms with E-state index in [4.69, 9.17) is 5.26 Å². The third-order valence-electron chi connectivity index (χ3n) is 4.70. The molecule has 2 fully saturated rings. The molecule has 1 unspecified atom stereocenters. The molecular formula is C16H21N5O. The van der Waals surface area contributed by atoms with Gasteiger partial charge in [-0.15, -0.1) is 0 Å². The van der Waals surface area contributed by atoms with Gasteiger partial charge < -0.3 is 15.1 Å². The lowest BCUT2D eigenvalue weighted by Gasteiger charge is -2.39. The summed E-state index contributed by atoms with van der Waals surface area (Å²) in [6.45, 7) is 6.93. The van der Waals surface area contributed by atoms with E-state index in [-0.39, 0.29) is 11.8 Å². The van der Waals surface area contributed by atoms with Crippen LogP contribution >= 0.6 is 0 Å². The van der Waals surface area contributed by atoms with Crippen LogP contribution in [-0.4, -0.2) is 55.1 Å². The molecule has 0 radical (unpaired) electrons. The molecule has 116 valence electrons. The molecule has 0 aliphatic carbocycles. The highest BCUT2D eigenvalue weighted by atomic mass is 16.2. The number of nitrogens with one attached hydrogen (secondary N) is 1. The van der Waals surface area contributed by atoms with Crippen molar-refractivity contribution in [3.05, 3.63) is 23.9 Å². The Balaban J connectivity index is 1.57. The van der Waals surface area contributed by atoms with Crippen LogP contribution in [0.3, 0.4) is 0 Å². The van der Waals surface area contributed by atoms with Gasteiger partial charge in [-0.25, -0.2) is 4.98 Å². The Morgan fingerprint density at radius 1 is 1.41 bits per heavy atom. The lowest BCUT2D eigenvalue weighted by Crippen LogP contribution is -2.54. The van der Waals surface area contributed by atoms with Crippen LogP contribution in [0.5, 0.6) is 0 Å². The number of amides is 1. The number of aromatic nitrogens is 1. The van der Waals surface area contributed by atoms with Gasteiger partial charge in [0.2, 0.25) is 5.91 Å². The summed E-state index contributed by atoms with van der Waals surface area (Å²) in [5, 5.41) is 12.2. The van der Waals surface area contributed by atoms with E-state index in [0.29, 0.717) is 11.5 Å². The lowest BCUT2D eigenvalue weighted by atomic mass is 9.88. The molecule has 1 amide bonds.